The predicted molar refractivity (Wildman–Crippen MR) is 183 cm³/mol. The molecule has 13 heteroatoms. The van der Waals surface area contributed by atoms with Gasteiger partial charge in [0.25, 0.3) is 0 Å². The van der Waals surface area contributed by atoms with Crippen molar-refractivity contribution in [3.05, 3.63) is 77.8 Å². The number of carbonyl (C=O) groups excluding carboxylic acids is 1. The van der Waals surface area contributed by atoms with Crippen molar-refractivity contribution in [2.24, 2.45) is 0 Å². The monoisotopic (exact) mass is 697 g/mol. The first-order valence-corrected chi connectivity index (χ1v) is 19.1. The molecule has 4 aromatic rings. The third kappa shape index (κ3) is 7.98. The van der Waals surface area contributed by atoms with Gasteiger partial charge < -0.3 is 10.1 Å². The van der Waals surface area contributed by atoms with Gasteiger partial charge in [0.15, 0.2) is 11.0 Å². The lowest BCUT2D eigenvalue weighted by Gasteiger charge is -2.26. The molecule has 0 atom stereocenters. The number of thioether (sulfide) groups is 1. The van der Waals surface area contributed by atoms with Crippen LogP contribution in [0.5, 0.6) is 0 Å². The summed E-state index contributed by atoms with van der Waals surface area (Å²) in [6.45, 7) is 1.43. The number of hydrogen-bond acceptors (Lipinski definition) is 8. The number of carbonyl (C=O) groups is 1. The number of anilines is 1. The van der Waals surface area contributed by atoms with Gasteiger partial charge in [0.1, 0.15) is 0 Å². The number of rotatable bonds is 10. The van der Waals surface area contributed by atoms with Crippen LogP contribution in [0.25, 0.3) is 11.4 Å². The van der Waals surface area contributed by atoms with Crippen LogP contribution < -0.4 is 5.32 Å². The summed E-state index contributed by atoms with van der Waals surface area (Å²) < 4.78 is 35.9. The molecule has 1 aromatic heterocycles. The van der Waals surface area contributed by atoms with Crippen molar-refractivity contribution in [3.8, 4) is 11.4 Å². The van der Waals surface area contributed by atoms with E-state index in [1.807, 2.05) is 54.6 Å². The molecular formula is C33H36ClN5O4S3. The summed E-state index contributed by atoms with van der Waals surface area (Å²) in [5.74, 6) is 0.624. The van der Waals surface area contributed by atoms with Crippen LogP contribution in [0, 0.1) is 0 Å². The molecule has 0 unspecified atom stereocenters. The average molecular weight is 698 g/mol. The molecule has 1 amide bonds. The van der Waals surface area contributed by atoms with Gasteiger partial charge in [0.2, 0.25) is 15.9 Å². The minimum Gasteiger partial charge on any atom is -0.379 e. The SMILES string of the molecule is O=C(CSc1nnc(-c2cccc(S(=O)(=O)N3CCOCC3)c2)n1C1CCCCCC1)Nc1ccccc1Sc1ccc(Cl)cc1. The molecule has 0 spiro atoms. The van der Waals surface area contributed by atoms with Crippen molar-refractivity contribution in [2.45, 2.75) is 64.4 Å². The maximum Gasteiger partial charge on any atom is 0.243 e. The van der Waals surface area contributed by atoms with Gasteiger partial charge in [-0.3, -0.25) is 9.36 Å². The van der Waals surface area contributed by atoms with Gasteiger partial charge in [-0.2, -0.15) is 4.31 Å². The summed E-state index contributed by atoms with van der Waals surface area (Å²) in [7, 11) is -3.68. The fourth-order valence-electron chi connectivity index (χ4n) is 5.75. The number of sulfonamides is 1. The molecule has 242 valence electrons. The van der Waals surface area contributed by atoms with Crippen molar-refractivity contribution in [3.63, 3.8) is 0 Å². The lowest BCUT2D eigenvalue weighted by atomic mass is 10.1. The Hall–Kier alpha value is -2.87. The Balaban J connectivity index is 1.22. The van der Waals surface area contributed by atoms with Gasteiger partial charge in [-0.1, -0.05) is 85.1 Å². The van der Waals surface area contributed by atoms with Gasteiger partial charge >= 0.3 is 0 Å². The van der Waals surface area contributed by atoms with Gasteiger partial charge in [-0.05, 0) is 61.4 Å². The maximum absolute atomic E-state index is 13.4. The lowest BCUT2D eigenvalue weighted by molar-refractivity contribution is -0.113. The lowest BCUT2D eigenvalue weighted by Crippen LogP contribution is -2.40. The number of nitrogens with zero attached hydrogens (tertiary/aromatic N) is 4. The van der Waals surface area contributed by atoms with E-state index in [1.165, 1.54) is 28.9 Å². The topological polar surface area (TPSA) is 106 Å². The highest BCUT2D eigenvalue weighted by molar-refractivity contribution is 8.00. The number of nitrogens with one attached hydrogen (secondary N) is 1. The van der Waals surface area contributed by atoms with Crippen molar-refractivity contribution in [1.29, 1.82) is 0 Å². The summed E-state index contributed by atoms with van der Waals surface area (Å²) in [4.78, 5) is 15.4. The number of benzene rings is 3. The number of amides is 1. The summed E-state index contributed by atoms with van der Waals surface area (Å²) in [6, 6.07) is 22.4. The summed E-state index contributed by atoms with van der Waals surface area (Å²) >= 11 is 8.96. The summed E-state index contributed by atoms with van der Waals surface area (Å²) in [6.07, 6.45) is 6.51. The van der Waals surface area contributed by atoms with E-state index in [-0.39, 0.29) is 22.6 Å². The van der Waals surface area contributed by atoms with Crippen LogP contribution in [0.4, 0.5) is 5.69 Å². The third-order valence-corrected chi connectivity index (χ3v) is 12.3. The van der Waals surface area contributed by atoms with Crippen LogP contribution in [0.1, 0.15) is 44.6 Å². The van der Waals surface area contributed by atoms with E-state index in [1.54, 1.807) is 30.0 Å². The Bertz CT molecular complexity index is 1750. The first-order valence-electron chi connectivity index (χ1n) is 15.5. The van der Waals surface area contributed by atoms with Crippen molar-refractivity contribution < 1.29 is 17.9 Å². The Morgan fingerprint density at radius 2 is 1.67 bits per heavy atom. The number of aromatic nitrogens is 3. The van der Waals surface area contributed by atoms with Crippen LogP contribution >= 0.6 is 35.1 Å². The van der Waals surface area contributed by atoms with E-state index >= 15 is 0 Å². The second-order valence-corrected chi connectivity index (χ2v) is 15.7. The fraction of sp³-hybridized carbons (Fsp3) is 0.364. The van der Waals surface area contributed by atoms with Gasteiger partial charge in [0, 0.05) is 39.5 Å². The molecule has 1 saturated carbocycles. The normalized spacial score (nSPS) is 16.6. The van der Waals surface area contributed by atoms with E-state index in [0.29, 0.717) is 47.9 Å². The molecule has 0 radical (unpaired) electrons. The zero-order valence-electron chi connectivity index (χ0n) is 25.3. The zero-order chi connectivity index (χ0) is 31.9. The van der Waals surface area contributed by atoms with Gasteiger partial charge in [0.05, 0.1) is 29.5 Å². The highest BCUT2D eigenvalue weighted by atomic mass is 35.5. The van der Waals surface area contributed by atoms with E-state index in [4.69, 9.17) is 16.3 Å². The van der Waals surface area contributed by atoms with Crippen LogP contribution in [-0.2, 0) is 19.6 Å². The number of para-hydroxylation sites is 1. The molecule has 1 aliphatic carbocycles. The molecule has 46 heavy (non-hydrogen) atoms. The molecule has 9 nitrogen and oxygen atoms in total. The third-order valence-electron chi connectivity index (χ3n) is 8.09. The number of halogens is 1. The molecule has 1 aliphatic heterocycles. The van der Waals surface area contributed by atoms with Crippen molar-refractivity contribution >= 4 is 56.7 Å². The second-order valence-electron chi connectivity index (χ2n) is 11.3. The van der Waals surface area contributed by atoms with Gasteiger partial charge in [-0.25, -0.2) is 8.42 Å². The van der Waals surface area contributed by atoms with Gasteiger partial charge in [-0.15, -0.1) is 10.2 Å². The highest BCUT2D eigenvalue weighted by Gasteiger charge is 2.28. The average Bonchev–Trinajstić information content (AvgIpc) is 3.32. The summed E-state index contributed by atoms with van der Waals surface area (Å²) in [5.41, 5.74) is 1.42. The van der Waals surface area contributed by atoms with Crippen LogP contribution in [-0.4, -0.2) is 65.5 Å². The molecule has 2 heterocycles. The minimum atomic E-state index is -3.68. The molecule has 1 saturated heterocycles. The van der Waals surface area contributed by atoms with Crippen LogP contribution in [0.15, 0.2) is 92.6 Å². The minimum absolute atomic E-state index is 0.148. The summed E-state index contributed by atoms with van der Waals surface area (Å²) in [5, 5.41) is 13.5. The first kappa shape index (κ1) is 33.0. The fourth-order valence-corrected chi connectivity index (χ4v) is 9.04. The number of hydrogen-bond donors (Lipinski definition) is 1. The Morgan fingerprint density at radius 1 is 0.935 bits per heavy atom. The van der Waals surface area contributed by atoms with E-state index < -0.39 is 10.0 Å². The molecular weight excluding hydrogens is 662 g/mol. The highest BCUT2D eigenvalue weighted by Crippen LogP contribution is 2.37. The molecule has 1 N–H and O–H groups in total. The number of ether oxygens (including phenoxy) is 1. The van der Waals surface area contributed by atoms with E-state index in [2.05, 4.69) is 20.1 Å². The Morgan fingerprint density at radius 3 is 2.43 bits per heavy atom. The first-order chi connectivity index (χ1) is 22.4. The largest absolute Gasteiger partial charge is 0.379 e. The van der Waals surface area contributed by atoms with Crippen LogP contribution in [0.3, 0.4) is 0 Å². The quantitative estimate of drug-likeness (QED) is 0.135. The Labute approximate surface area is 283 Å². The zero-order valence-corrected chi connectivity index (χ0v) is 28.5. The Kier molecular flexibility index (Phi) is 11.0. The van der Waals surface area contributed by atoms with E-state index in [9.17, 15) is 13.2 Å². The molecule has 3 aromatic carbocycles. The number of morpholine rings is 1. The van der Waals surface area contributed by atoms with Crippen LogP contribution in [0.2, 0.25) is 5.02 Å². The smallest absolute Gasteiger partial charge is 0.243 e. The molecule has 0 bridgehead atoms. The standard InChI is InChI=1S/C33H36ClN5O4S3/c34-25-14-16-27(17-15-25)45-30-13-6-5-12-29(30)35-31(40)23-44-33-37-36-32(39(33)26-9-3-1-2-4-10-26)24-8-7-11-28(22-24)46(41,42)38-18-20-43-21-19-38/h5-8,11-17,22,26H,1-4,9-10,18-21,23H2,(H,35,40). The van der Waals surface area contributed by atoms with Crippen molar-refractivity contribution in [1.82, 2.24) is 19.1 Å². The molecule has 6 rings (SSSR count). The molecule has 2 fully saturated rings. The second kappa shape index (κ2) is 15.4. The maximum atomic E-state index is 13.4. The van der Waals surface area contributed by atoms with Crippen molar-refractivity contribution in [2.75, 3.05) is 37.4 Å². The van der Waals surface area contributed by atoms with E-state index in [0.717, 1.165) is 41.2 Å². The predicted octanol–water partition coefficient (Wildman–Crippen LogP) is 7.40. The molecule has 2 aliphatic rings.